The van der Waals surface area contributed by atoms with Crippen LogP contribution >= 0.6 is 0 Å². The van der Waals surface area contributed by atoms with Crippen molar-refractivity contribution in [3.63, 3.8) is 0 Å². The Balaban J connectivity index is 1.19. The monoisotopic (exact) mass is 1230 g/mol. The summed E-state index contributed by atoms with van der Waals surface area (Å²) in [4.78, 5) is 39.5. The van der Waals surface area contributed by atoms with E-state index in [0.29, 0.717) is 18.4 Å². The summed E-state index contributed by atoms with van der Waals surface area (Å²) in [5.74, 6) is -7.19. The summed E-state index contributed by atoms with van der Waals surface area (Å²) in [7, 11) is 6.24. The number of aliphatic carboxylic acids is 1. The van der Waals surface area contributed by atoms with Crippen molar-refractivity contribution in [2.24, 2.45) is 17.3 Å². The zero-order valence-electron chi connectivity index (χ0n) is 52.2. The van der Waals surface area contributed by atoms with Crippen LogP contribution in [0, 0.1) is 17.3 Å². The Kier molecular flexibility index (Phi) is 27.7. The number of nitrogens with one attached hydrogen (secondary N) is 1. The van der Waals surface area contributed by atoms with Gasteiger partial charge in [0.15, 0.2) is 25.0 Å². The van der Waals surface area contributed by atoms with Crippen LogP contribution in [0.1, 0.15) is 86.6 Å². The first-order valence-corrected chi connectivity index (χ1v) is 30.0. The number of aliphatic hydroxyl groups excluding tert-OH is 3. The summed E-state index contributed by atoms with van der Waals surface area (Å²) in [5.41, 5.74) is 0.265. The lowest BCUT2D eigenvalue weighted by molar-refractivity contribution is -0.368. The molecule has 486 valence electrons. The third-order valence-corrected chi connectivity index (χ3v) is 16.9. The first-order valence-electron chi connectivity index (χ1n) is 30.0. The highest BCUT2D eigenvalue weighted by Gasteiger charge is 2.63. The van der Waals surface area contributed by atoms with Crippen molar-refractivity contribution < 1.29 is 101 Å². The second-order valence-corrected chi connectivity index (χ2v) is 23.5. The van der Waals surface area contributed by atoms with Crippen LogP contribution in [0.2, 0.25) is 0 Å². The van der Waals surface area contributed by atoms with E-state index < -0.39 is 152 Å². The Morgan fingerprint density at radius 2 is 1.36 bits per heavy atom. The fraction of sp³-hybridized carbons (Fsp3) is 0.646. The fourth-order valence-corrected chi connectivity index (χ4v) is 11.8. The molecule has 0 spiro atoms. The standard InChI is InChI=1S/C65H95NO21/c1-13-14-18-29-51-64(7,8)61(72)62(84-53(70)32-43-26-19-17-20-27-43)65(74,87-51)44(63(73)66-31-24-23-25-38(2)58(78-12)39(3)47-33-45(67)46(83-47)28-21-15-16-22-30-52(68)69)37-79-54-35-49(76-10)59(41(5)81-54)86-56-36-50(77-11)60(42(6)82-56)85-55-34-48(75-9)57(71)40(4)80-55/h13-30,39-42,44-51,54-62,67,71-72,74H,31-37H2,1-12H3,(H,66,73)(H,68,69)/b14-13-,16-15+,24-23+,28-21+,29-18+,30-22+,38-25+/t39-,40-,41-,42-,44+,45-,46-,47+,48-,49-,50+,51-,54+,55-,56+,57+,58+,59+,60-,61-,62+,65+/m1/s1. The van der Waals surface area contributed by atoms with Crippen molar-refractivity contribution in [3.05, 3.63) is 120 Å². The second kappa shape index (κ2) is 33.8. The van der Waals surface area contributed by atoms with E-state index in [0.717, 1.165) is 11.6 Å². The molecule has 22 nitrogen and oxygen atoms in total. The number of methoxy groups -OCH3 is 4. The number of esters is 1. The number of hydrogen-bond acceptors (Lipinski definition) is 20. The molecule has 0 bridgehead atoms. The topological polar surface area (TPSA) is 284 Å². The van der Waals surface area contributed by atoms with Gasteiger partial charge in [0.2, 0.25) is 11.7 Å². The van der Waals surface area contributed by atoms with E-state index in [9.17, 15) is 34.8 Å². The van der Waals surface area contributed by atoms with Crippen molar-refractivity contribution in [3.8, 4) is 0 Å². The van der Waals surface area contributed by atoms with Crippen LogP contribution in [-0.2, 0) is 82.4 Å². The molecule has 0 aliphatic carbocycles. The van der Waals surface area contributed by atoms with Gasteiger partial charge in [-0.1, -0.05) is 124 Å². The van der Waals surface area contributed by atoms with E-state index in [1.54, 1.807) is 133 Å². The molecule has 5 aliphatic rings. The molecule has 0 aromatic heterocycles. The SMILES string of the molecule is C/C=C\C=C\[C@H]1O[C@@](O)([C@@H](CO[C@@H]2C[C@@H](OC)[C@@H](O[C@H]3C[C@H](OC)[C@H](O[C@@H]4C[C@@H](OC)[C@@H](O)[C@@H](C)O4)[C@@H](C)O3)[C@@H](C)O2)C(=O)NC/C=C/C=C(\C)[C@H](OC)[C@H](C)[C@@H]2C[C@@H](O)[C@@H](/C=C/C=C/C=C/C(=O)O)O2)[C@@H](OC(=O)Cc2ccccc2)[C@@H](O)C1(C)C. The summed E-state index contributed by atoms with van der Waals surface area (Å²) in [6.07, 6.45) is 7.66. The first kappa shape index (κ1) is 71.2. The van der Waals surface area contributed by atoms with E-state index in [1.165, 1.54) is 20.3 Å². The summed E-state index contributed by atoms with van der Waals surface area (Å²) in [6, 6.07) is 8.84. The van der Waals surface area contributed by atoms with Crippen molar-refractivity contribution in [2.75, 3.05) is 41.6 Å². The summed E-state index contributed by atoms with van der Waals surface area (Å²) in [6.45, 7) is 13.9. The minimum Gasteiger partial charge on any atom is -0.478 e. The van der Waals surface area contributed by atoms with Crippen molar-refractivity contribution in [2.45, 2.75) is 210 Å². The number of carboxylic acids is 1. The highest BCUT2D eigenvalue weighted by Crippen LogP contribution is 2.46. The number of allylic oxidation sites excluding steroid dienone is 9. The number of rotatable bonds is 28. The quantitative estimate of drug-likeness (QED) is 0.0343. The van der Waals surface area contributed by atoms with E-state index in [4.69, 9.17) is 66.7 Å². The molecule has 5 aliphatic heterocycles. The Hall–Kier alpha value is -4.83. The molecule has 1 amide bonds. The molecule has 87 heavy (non-hydrogen) atoms. The molecule has 1 aromatic carbocycles. The predicted octanol–water partition coefficient (Wildman–Crippen LogP) is 5.50. The Morgan fingerprint density at radius 3 is 1.98 bits per heavy atom. The number of ether oxygens (including phenoxy) is 13. The third kappa shape index (κ3) is 19.1. The molecule has 5 saturated heterocycles. The highest BCUT2D eigenvalue weighted by atomic mass is 16.7. The van der Waals surface area contributed by atoms with Gasteiger partial charge in [-0.2, -0.15) is 0 Å². The van der Waals surface area contributed by atoms with Gasteiger partial charge in [-0.05, 0) is 45.8 Å². The smallest absolute Gasteiger partial charge is 0.328 e. The van der Waals surface area contributed by atoms with Crippen LogP contribution in [0.25, 0.3) is 0 Å². The number of hydrogen-bond donors (Lipinski definition) is 6. The Morgan fingerprint density at radius 1 is 0.759 bits per heavy atom. The molecular formula is C65H95NO21. The first-order chi connectivity index (χ1) is 41.5. The molecule has 1 aromatic rings. The zero-order valence-corrected chi connectivity index (χ0v) is 52.2. The lowest BCUT2D eigenvalue weighted by Gasteiger charge is -2.54. The third-order valence-electron chi connectivity index (χ3n) is 16.9. The van der Waals surface area contributed by atoms with Crippen molar-refractivity contribution >= 4 is 17.8 Å². The average Bonchev–Trinajstić information content (AvgIpc) is 1.73. The van der Waals surface area contributed by atoms with Gasteiger partial charge in [0, 0.05) is 78.1 Å². The Labute approximate surface area is 512 Å². The number of carbonyl (C=O) groups is 3. The van der Waals surface area contributed by atoms with Crippen LogP contribution in [0.15, 0.2) is 115 Å². The average molecular weight is 1230 g/mol. The van der Waals surface area contributed by atoms with Gasteiger partial charge in [0.25, 0.3) is 0 Å². The lowest BCUT2D eigenvalue weighted by Crippen LogP contribution is -2.71. The molecule has 6 rings (SSSR count). The molecule has 5 fully saturated rings. The van der Waals surface area contributed by atoms with Crippen LogP contribution in [0.5, 0.6) is 0 Å². The number of carbonyl (C=O) groups excluding carboxylic acids is 2. The number of carboxylic acid groups (broad SMARTS) is 1. The maximum absolute atomic E-state index is 14.9. The van der Waals surface area contributed by atoms with Crippen LogP contribution < -0.4 is 5.32 Å². The number of aliphatic hydroxyl groups is 4. The predicted molar refractivity (Wildman–Crippen MR) is 318 cm³/mol. The molecular weight excluding hydrogens is 1130 g/mol. The van der Waals surface area contributed by atoms with Crippen LogP contribution in [-0.4, -0.2) is 207 Å². The number of benzene rings is 1. The summed E-state index contributed by atoms with van der Waals surface area (Å²) in [5, 5.41) is 58.5. The van der Waals surface area contributed by atoms with E-state index in [-0.39, 0.29) is 37.8 Å². The van der Waals surface area contributed by atoms with E-state index in [1.807, 2.05) is 33.8 Å². The molecule has 0 unspecified atom stereocenters. The lowest BCUT2D eigenvalue weighted by atomic mass is 9.71. The van der Waals surface area contributed by atoms with Gasteiger partial charge >= 0.3 is 11.9 Å². The maximum Gasteiger partial charge on any atom is 0.328 e. The largest absolute Gasteiger partial charge is 0.478 e. The molecule has 5 heterocycles. The van der Waals surface area contributed by atoms with E-state index in [2.05, 4.69) is 5.32 Å². The molecule has 6 N–H and O–H groups in total. The van der Waals surface area contributed by atoms with Gasteiger partial charge in [-0.15, -0.1) is 0 Å². The normalized spacial score (nSPS) is 36.3. The maximum atomic E-state index is 14.9. The zero-order chi connectivity index (χ0) is 63.6. The second-order valence-electron chi connectivity index (χ2n) is 23.5. The van der Waals surface area contributed by atoms with Gasteiger partial charge < -0.3 is 92.4 Å². The summed E-state index contributed by atoms with van der Waals surface area (Å²) >= 11 is 0. The molecule has 0 saturated carbocycles. The minimum atomic E-state index is -2.71. The van der Waals surface area contributed by atoms with Crippen LogP contribution in [0.4, 0.5) is 0 Å². The molecule has 22 heteroatoms. The number of amides is 1. The molecule has 0 radical (unpaired) electrons. The Bertz CT molecular complexity index is 2530. The van der Waals surface area contributed by atoms with Crippen molar-refractivity contribution in [1.82, 2.24) is 5.32 Å². The van der Waals surface area contributed by atoms with Gasteiger partial charge in [-0.3, -0.25) is 9.59 Å². The van der Waals surface area contributed by atoms with Gasteiger partial charge in [0.1, 0.15) is 36.4 Å². The molecule has 22 atom stereocenters. The van der Waals surface area contributed by atoms with Gasteiger partial charge in [0.05, 0.1) is 74.1 Å². The van der Waals surface area contributed by atoms with Crippen molar-refractivity contribution in [1.29, 1.82) is 0 Å². The minimum absolute atomic E-state index is 0.0572. The van der Waals surface area contributed by atoms with E-state index >= 15 is 0 Å². The van der Waals surface area contributed by atoms with Gasteiger partial charge in [-0.25, -0.2) is 4.79 Å². The summed E-state index contributed by atoms with van der Waals surface area (Å²) < 4.78 is 80.6. The highest BCUT2D eigenvalue weighted by molar-refractivity contribution is 5.81. The van der Waals surface area contributed by atoms with Crippen LogP contribution in [0.3, 0.4) is 0 Å². The fourth-order valence-electron chi connectivity index (χ4n) is 11.8.